The molecule has 0 radical (unpaired) electrons. The van der Waals surface area contributed by atoms with Gasteiger partial charge in [0, 0.05) is 20.1 Å². The molecule has 0 saturated carbocycles. The Labute approximate surface area is 98.3 Å². The van der Waals surface area contributed by atoms with Gasteiger partial charge >= 0.3 is 0 Å². The molecule has 1 rings (SSSR count). The van der Waals surface area contributed by atoms with Crippen molar-refractivity contribution in [3.8, 4) is 0 Å². The summed E-state index contributed by atoms with van der Waals surface area (Å²) in [5.74, 6) is 0.414. The van der Waals surface area contributed by atoms with Crippen LogP contribution in [0.25, 0.3) is 0 Å². The second-order valence-corrected chi connectivity index (χ2v) is 4.72. The molecule has 1 heterocycles. The van der Waals surface area contributed by atoms with Crippen LogP contribution in [0.1, 0.15) is 26.7 Å². The minimum Gasteiger partial charge on any atom is -0.377 e. The van der Waals surface area contributed by atoms with Gasteiger partial charge in [-0.05, 0) is 33.2 Å². The van der Waals surface area contributed by atoms with E-state index >= 15 is 0 Å². The lowest BCUT2D eigenvalue weighted by Gasteiger charge is -2.27. The van der Waals surface area contributed by atoms with Crippen molar-refractivity contribution in [2.45, 2.75) is 32.8 Å². The van der Waals surface area contributed by atoms with Gasteiger partial charge in [-0.25, -0.2) is 0 Å². The number of ether oxygens (including phenoxy) is 1. The number of likely N-dealkylation sites (N-methyl/N-ethyl adjacent to an activating group) is 1. The van der Waals surface area contributed by atoms with Gasteiger partial charge in [-0.1, -0.05) is 0 Å². The fourth-order valence-corrected chi connectivity index (χ4v) is 1.91. The topological polar surface area (TPSA) is 41.6 Å². The first kappa shape index (κ1) is 13.5. The molecule has 1 N–H and O–H groups in total. The van der Waals surface area contributed by atoms with Gasteiger partial charge < -0.3 is 15.0 Å². The number of rotatable bonds is 5. The van der Waals surface area contributed by atoms with Crippen LogP contribution >= 0.6 is 0 Å². The van der Waals surface area contributed by atoms with E-state index in [2.05, 4.69) is 5.32 Å². The summed E-state index contributed by atoms with van der Waals surface area (Å²) in [5, 5.41) is 3.27. The highest BCUT2D eigenvalue weighted by molar-refractivity contribution is 5.78. The van der Waals surface area contributed by atoms with Crippen LogP contribution in [0, 0.1) is 5.92 Å². The molecular formula is C12H24N2O2. The van der Waals surface area contributed by atoms with Crippen molar-refractivity contribution in [1.29, 1.82) is 0 Å². The molecule has 0 spiro atoms. The first-order valence-electron chi connectivity index (χ1n) is 6.18. The van der Waals surface area contributed by atoms with Crippen molar-refractivity contribution in [3.63, 3.8) is 0 Å². The number of hydrogen-bond donors (Lipinski definition) is 1. The van der Waals surface area contributed by atoms with Crippen LogP contribution in [0.2, 0.25) is 0 Å². The molecule has 0 aromatic rings. The maximum Gasteiger partial charge on any atom is 0.226 e. The van der Waals surface area contributed by atoms with Crippen molar-refractivity contribution in [2.75, 3.05) is 33.3 Å². The summed E-state index contributed by atoms with van der Waals surface area (Å²) < 4.78 is 5.44. The van der Waals surface area contributed by atoms with Crippen molar-refractivity contribution in [3.05, 3.63) is 0 Å². The standard InChI is InChI=1S/C12H24N2O2/c1-10(2)16-8-7-14(3)12(15)11-5-4-6-13-9-11/h10-11,13H,4-9H2,1-3H3/t11-/m1/s1. The van der Waals surface area contributed by atoms with E-state index in [1.54, 1.807) is 4.90 Å². The SMILES string of the molecule is CC(C)OCCN(C)C(=O)[C@@H]1CCCNC1. The van der Waals surface area contributed by atoms with Crippen LogP contribution in [-0.2, 0) is 9.53 Å². The largest absolute Gasteiger partial charge is 0.377 e. The molecule has 0 unspecified atom stereocenters. The number of amides is 1. The molecule has 0 aliphatic carbocycles. The molecule has 1 aliphatic heterocycles. The van der Waals surface area contributed by atoms with E-state index in [1.165, 1.54) is 0 Å². The van der Waals surface area contributed by atoms with Gasteiger partial charge in [0.2, 0.25) is 5.91 Å². The Kier molecular flexibility index (Phi) is 5.77. The Balaban J connectivity index is 2.23. The minimum atomic E-state index is 0.165. The predicted molar refractivity (Wildman–Crippen MR) is 64.3 cm³/mol. The highest BCUT2D eigenvalue weighted by atomic mass is 16.5. The average molecular weight is 228 g/mol. The third-order valence-electron chi connectivity index (χ3n) is 2.90. The van der Waals surface area contributed by atoms with Crippen molar-refractivity contribution in [2.24, 2.45) is 5.92 Å². The van der Waals surface area contributed by atoms with Crippen molar-refractivity contribution in [1.82, 2.24) is 10.2 Å². The van der Waals surface area contributed by atoms with Crippen LogP contribution < -0.4 is 5.32 Å². The average Bonchev–Trinajstić information content (AvgIpc) is 2.28. The number of carbonyl (C=O) groups is 1. The van der Waals surface area contributed by atoms with Crippen molar-refractivity contribution >= 4 is 5.91 Å². The summed E-state index contributed by atoms with van der Waals surface area (Å²) in [6.07, 6.45) is 2.35. The lowest BCUT2D eigenvalue weighted by molar-refractivity contribution is -0.135. The summed E-state index contributed by atoms with van der Waals surface area (Å²) in [6.45, 7) is 7.20. The zero-order valence-electron chi connectivity index (χ0n) is 10.7. The summed E-state index contributed by atoms with van der Waals surface area (Å²) in [5.41, 5.74) is 0. The van der Waals surface area contributed by atoms with E-state index in [0.29, 0.717) is 13.2 Å². The van der Waals surface area contributed by atoms with Crippen LogP contribution in [0.3, 0.4) is 0 Å². The lowest BCUT2D eigenvalue weighted by atomic mass is 9.98. The van der Waals surface area contributed by atoms with E-state index in [-0.39, 0.29) is 17.9 Å². The number of carbonyl (C=O) groups excluding carboxylic acids is 1. The van der Waals surface area contributed by atoms with E-state index in [4.69, 9.17) is 4.74 Å². The molecule has 1 amide bonds. The normalized spacial score (nSPS) is 21.1. The molecule has 4 heteroatoms. The smallest absolute Gasteiger partial charge is 0.226 e. The van der Waals surface area contributed by atoms with Crippen molar-refractivity contribution < 1.29 is 9.53 Å². The van der Waals surface area contributed by atoms with Crippen LogP contribution in [-0.4, -0.2) is 50.2 Å². The maximum atomic E-state index is 12.0. The zero-order chi connectivity index (χ0) is 12.0. The Hall–Kier alpha value is -0.610. The van der Waals surface area contributed by atoms with E-state index in [0.717, 1.165) is 25.9 Å². The lowest BCUT2D eigenvalue weighted by Crippen LogP contribution is -2.42. The second-order valence-electron chi connectivity index (χ2n) is 4.72. The van der Waals surface area contributed by atoms with Crippen LogP contribution in [0.5, 0.6) is 0 Å². The quantitative estimate of drug-likeness (QED) is 0.759. The third-order valence-corrected chi connectivity index (χ3v) is 2.90. The van der Waals surface area contributed by atoms with E-state index in [9.17, 15) is 4.79 Å². The summed E-state index contributed by atoms with van der Waals surface area (Å²) >= 11 is 0. The minimum absolute atomic E-state index is 0.165. The fraction of sp³-hybridized carbons (Fsp3) is 0.917. The molecule has 16 heavy (non-hydrogen) atoms. The van der Waals surface area contributed by atoms with Gasteiger partial charge in [0.1, 0.15) is 0 Å². The molecular weight excluding hydrogens is 204 g/mol. The molecule has 0 bridgehead atoms. The number of piperidine rings is 1. The molecule has 94 valence electrons. The number of nitrogens with zero attached hydrogens (tertiary/aromatic N) is 1. The maximum absolute atomic E-state index is 12.0. The summed E-state index contributed by atoms with van der Waals surface area (Å²) in [4.78, 5) is 13.8. The van der Waals surface area contributed by atoms with Gasteiger partial charge in [-0.3, -0.25) is 4.79 Å². The van der Waals surface area contributed by atoms with Gasteiger partial charge in [0.15, 0.2) is 0 Å². The zero-order valence-corrected chi connectivity index (χ0v) is 10.7. The van der Waals surface area contributed by atoms with Crippen LogP contribution in [0.15, 0.2) is 0 Å². The molecule has 1 aliphatic rings. The van der Waals surface area contributed by atoms with Gasteiger partial charge in [0.25, 0.3) is 0 Å². The number of hydrogen-bond acceptors (Lipinski definition) is 3. The fourth-order valence-electron chi connectivity index (χ4n) is 1.91. The molecule has 1 fully saturated rings. The first-order valence-corrected chi connectivity index (χ1v) is 6.18. The summed E-state index contributed by atoms with van der Waals surface area (Å²) in [7, 11) is 1.86. The monoisotopic (exact) mass is 228 g/mol. The highest BCUT2D eigenvalue weighted by Crippen LogP contribution is 2.12. The Morgan fingerprint density at radius 3 is 2.88 bits per heavy atom. The molecule has 1 atom stereocenters. The van der Waals surface area contributed by atoms with E-state index < -0.39 is 0 Å². The summed E-state index contributed by atoms with van der Waals surface area (Å²) in [6, 6.07) is 0. The first-order chi connectivity index (χ1) is 7.61. The molecule has 1 saturated heterocycles. The van der Waals surface area contributed by atoms with E-state index in [1.807, 2.05) is 20.9 Å². The predicted octanol–water partition coefficient (Wildman–Crippen LogP) is 0.869. The number of nitrogens with one attached hydrogen (secondary N) is 1. The molecule has 0 aromatic carbocycles. The molecule has 4 nitrogen and oxygen atoms in total. The Morgan fingerprint density at radius 2 is 2.31 bits per heavy atom. The van der Waals surface area contributed by atoms with Gasteiger partial charge in [0.05, 0.1) is 18.6 Å². The Morgan fingerprint density at radius 1 is 1.56 bits per heavy atom. The highest BCUT2D eigenvalue weighted by Gasteiger charge is 2.23. The Bertz CT molecular complexity index is 213. The second kappa shape index (κ2) is 6.86. The molecule has 0 aromatic heterocycles. The van der Waals surface area contributed by atoms with Gasteiger partial charge in [-0.2, -0.15) is 0 Å². The third kappa shape index (κ3) is 4.49. The van der Waals surface area contributed by atoms with Crippen LogP contribution in [0.4, 0.5) is 0 Å². The van der Waals surface area contributed by atoms with Gasteiger partial charge in [-0.15, -0.1) is 0 Å².